The number of fused-ring (bicyclic) bond motifs is 2. The fourth-order valence-corrected chi connectivity index (χ4v) is 4.64. The minimum absolute atomic E-state index is 0.0922. The van der Waals surface area contributed by atoms with Crippen molar-refractivity contribution in [1.29, 1.82) is 0 Å². The summed E-state index contributed by atoms with van der Waals surface area (Å²) in [5, 5.41) is 2.99. The zero-order chi connectivity index (χ0) is 19.9. The fraction of sp³-hybridized carbons (Fsp3) is 0.300. The Morgan fingerprint density at radius 3 is 2.86 bits per heavy atom. The second kappa shape index (κ2) is 7.03. The fourth-order valence-electron chi connectivity index (χ4n) is 3.57. The minimum atomic E-state index is -3.22. The van der Waals surface area contributed by atoms with Gasteiger partial charge < -0.3 is 9.72 Å². The van der Waals surface area contributed by atoms with Crippen molar-refractivity contribution in [3.05, 3.63) is 65.2 Å². The average molecular weight is 398 g/mol. The molecule has 0 atom stereocenters. The third-order valence-corrected chi connectivity index (χ3v) is 7.04. The van der Waals surface area contributed by atoms with E-state index in [1.54, 1.807) is 25.4 Å². The molecule has 0 bridgehead atoms. The lowest BCUT2D eigenvalue weighted by Gasteiger charge is -2.29. The van der Waals surface area contributed by atoms with Crippen molar-refractivity contribution in [2.24, 2.45) is 0 Å². The van der Waals surface area contributed by atoms with Gasteiger partial charge in [-0.15, -0.1) is 0 Å². The minimum Gasteiger partial charge on any atom is -0.322 e. The standard InChI is InChI=1S/C20H22N4O3S/c1-3-28(26,27)23-10-9-18-15(12-23)5-4-6-19(18)22-20(25)16-7-8-17-11-21-14(2)24(17)13-16/h4-8,11,13H,3,9-10,12H2,1-2H3,(H,22,25). The summed E-state index contributed by atoms with van der Waals surface area (Å²) in [5.74, 6) is 0.709. The quantitative estimate of drug-likeness (QED) is 0.732. The lowest BCUT2D eigenvalue weighted by atomic mass is 9.99. The number of hydrogen-bond donors (Lipinski definition) is 1. The molecule has 1 aromatic carbocycles. The monoisotopic (exact) mass is 398 g/mol. The molecule has 8 heteroatoms. The first kappa shape index (κ1) is 18.6. The number of nitrogens with zero attached hydrogens (tertiary/aromatic N) is 3. The molecule has 0 fully saturated rings. The number of anilines is 1. The Morgan fingerprint density at radius 1 is 1.25 bits per heavy atom. The average Bonchev–Trinajstić information content (AvgIpc) is 3.08. The Kier molecular flexibility index (Phi) is 4.68. The third kappa shape index (κ3) is 3.29. The highest BCUT2D eigenvalue weighted by atomic mass is 32.2. The molecule has 2 aromatic heterocycles. The molecule has 0 radical (unpaired) electrons. The molecule has 1 N–H and O–H groups in total. The first-order chi connectivity index (χ1) is 13.4. The summed E-state index contributed by atoms with van der Waals surface area (Å²) in [6.45, 7) is 4.31. The number of carbonyl (C=O) groups is 1. The molecule has 3 heterocycles. The van der Waals surface area contributed by atoms with Crippen molar-refractivity contribution >= 4 is 27.1 Å². The van der Waals surface area contributed by atoms with Crippen LogP contribution in [-0.4, -0.2) is 40.3 Å². The normalized spacial score (nSPS) is 14.8. The van der Waals surface area contributed by atoms with Gasteiger partial charge in [0.2, 0.25) is 10.0 Å². The number of aromatic nitrogens is 2. The molecule has 0 spiro atoms. The summed E-state index contributed by atoms with van der Waals surface area (Å²) in [7, 11) is -3.22. The molecular weight excluding hydrogens is 376 g/mol. The summed E-state index contributed by atoms with van der Waals surface area (Å²) in [6, 6.07) is 9.27. The largest absolute Gasteiger partial charge is 0.322 e. The van der Waals surface area contributed by atoms with Gasteiger partial charge >= 0.3 is 0 Å². The molecule has 1 amide bonds. The van der Waals surface area contributed by atoms with Gasteiger partial charge in [0.25, 0.3) is 5.91 Å². The lowest BCUT2D eigenvalue weighted by Crippen LogP contribution is -2.37. The zero-order valence-electron chi connectivity index (χ0n) is 15.8. The van der Waals surface area contributed by atoms with Crippen LogP contribution in [0.2, 0.25) is 0 Å². The van der Waals surface area contributed by atoms with Gasteiger partial charge in [-0.3, -0.25) is 4.79 Å². The summed E-state index contributed by atoms with van der Waals surface area (Å²) < 4.78 is 27.7. The Labute approximate surface area is 164 Å². The highest BCUT2D eigenvalue weighted by Crippen LogP contribution is 2.28. The summed E-state index contributed by atoms with van der Waals surface area (Å²) in [6.07, 6.45) is 4.11. The van der Waals surface area contributed by atoms with Gasteiger partial charge in [-0.25, -0.2) is 13.4 Å². The van der Waals surface area contributed by atoms with E-state index < -0.39 is 10.0 Å². The molecule has 3 aromatic rings. The molecule has 0 saturated carbocycles. The number of aryl methyl sites for hydroxylation is 1. The second-order valence-electron chi connectivity index (χ2n) is 6.90. The maximum absolute atomic E-state index is 12.8. The van der Waals surface area contributed by atoms with Gasteiger partial charge in [-0.1, -0.05) is 12.1 Å². The number of amides is 1. The zero-order valence-corrected chi connectivity index (χ0v) is 16.7. The van der Waals surface area contributed by atoms with Crippen molar-refractivity contribution in [2.75, 3.05) is 17.6 Å². The molecule has 28 heavy (non-hydrogen) atoms. The Hall–Kier alpha value is -2.71. The van der Waals surface area contributed by atoms with E-state index in [4.69, 9.17) is 0 Å². The van der Waals surface area contributed by atoms with Crippen LogP contribution in [0, 0.1) is 6.92 Å². The number of nitrogens with one attached hydrogen (secondary N) is 1. The van der Waals surface area contributed by atoms with Crippen molar-refractivity contribution in [3.8, 4) is 0 Å². The maximum atomic E-state index is 12.8. The van der Waals surface area contributed by atoms with Crippen LogP contribution in [0.15, 0.2) is 42.7 Å². The molecule has 4 rings (SSSR count). The molecule has 0 unspecified atom stereocenters. The van der Waals surface area contributed by atoms with E-state index in [9.17, 15) is 13.2 Å². The lowest BCUT2D eigenvalue weighted by molar-refractivity contribution is 0.102. The van der Waals surface area contributed by atoms with Crippen LogP contribution in [0.4, 0.5) is 5.69 Å². The third-order valence-electron chi connectivity index (χ3n) is 5.21. The highest BCUT2D eigenvalue weighted by Gasteiger charge is 2.26. The summed E-state index contributed by atoms with van der Waals surface area (Å²) in [4.78, 5) is 17.0. The molecule has 0 saturated heterocycles. The predicted octanol–water partition coefficient (Wildman–Crippen LogP) is 2.60. The van der Waals surface area contributed by atoms with Gasteiger partial charge in [0, 0.05) is 25.0 Å². The van der Waals surface area contributed by atoms with Crippen LogP contribution < -0.4 is 5.32 Å². The summed E-state index contributed by atoms with van der Waals surface area (Å²) >= 11 is 0. The van der Waals surface area contributed by atoms with Crippen LogP contribution in [0.25, 0.3) is 5.52 Å². The number of hydrogen-bond acceptors (Lipinski definition) is 4. The number of benzene rings is 1. The van der Waals surface area contributed by atoms with E-state index in [0.717, 1.165) is 28.2 Å². The van der Waals surface area contributed by atoms with Gasteiger partial charge in [0.1, 0.15) is 5.82 Å². The van der Waals surface area contributed by atoms with Crippen molar-refractivity contribution in [2.45, 2.75) is 26.8 Å². The van der Waals surface area contributed by atoms with Crippen molar-refractivity contribution < 1.29 is 13.2 Å². The number of rotatable bonds is 4. The first-order valence-electron chi connectivity index (χ1n) is 9.22. The van der Waals surface area contributed by atoms with Crippen LogP contribution >= 0.6 is 0 Å². The molecular formula is C20H22N4O3S. The summed E-state index contributed by atoms with van der Waals surface area (Å²) in [5.41, 5.74) is 4.14. The number of imidazole rings is 1. The van der Waals surface area contributed by atoms with E-state index in [1.165, 1.54) is 4.31 Å². The van der Waals surface area contributed by atoms with Crippen LogP contribution in [0.5, 0.6) is 0 Å². The number of pyridine rings is 1. The van der Waals surface area contributed by atoms with Gasteiger partial charge in [-0.05, 0) is 49.6 Å². The Bertz CT molecular complexity index is 1170. The highest BCUT2D eigenvalue weighted by molar-refractivity contribution is 7.89. The maximum Gasteiger partial charge on any atom is 0.257 e. The molecule has 0 aliphatic carbocycles. The second-order valence-corrected chi connectivity index (χ2v) is 9.16. The van der Waals surface area contributed by atoms with Crippen molar-refractivity contribution in [1.82, 2.24) is 13.7 Å². The Morgan fingerprint density at radius 2 is 2.07 bits per heavy atom. The van der Waals surface area contributed by atoms with Gasteiger partial charge in [0.05, 0.1) is 23.0 Å². The number of carbonyl (C=O) groups excluding carboxylic acids is 1. The van der Waals surface area contributed by atoms with E-state index in [0.29, 0.717) is 25.1 Å². The molecule has 7 nitrogen and oxygen atoms in total. The molecule has 1 aliphatic heterocycles. The van der Waals surface area contributed by atoms with Crippen LogP contribution in [0.1, 0.15) is 34.2 Å². The SMILES string of the molecule is CCS(=O)(=O)N1CCc2c(cccc2NC(=O)c2ccc3cnc(C)n3c2)C1. The smallest absolute Gasteiger partial charge is 0.257 e. The molecule has 1 aliphatic rings. The van der Waals surface area contributed by atoms with Crippen LogP contribution in [-0.2, 0) is 23.0 Å². The molecule has 146 valence electrons. The van der Waals surface area contributed by atoms with E-state index in [-0.39, 0.29) is 11.7 Å². The van der Waals surface area contributed by atoms with Crippen LogP contribution in [0.3, 0.4) is 0 Å². The van der Waals surface area contributed by atoms with Gasteiger partial charge in [-0.2, -0.15) is 4.31 Å². The van der Waals surface area contributed by atoms with Crippen molar-refractivity contribution in [3.63, 3.8) is 0 Å². The van der Waals surface area contributed by atoms with E-state index in [1.807, 2.05) is 35.6 Å². The van der Waals surface area contributed by atoms with E-state index >= 15 is 0 Å². The number of sulfonamides is 1. The predicted molar refractivity (Wildman–Crippen MR) is 108 cm³/mol. The van der Waals surface area contributed by atoms with E-state index in [2.05, 4.69) is 10.3 Å². The Balaban J connectivity index is 1.60. The first-order valence-corrected chi connectivity index (χ1v) is 10.8. The van der Waals surface area contributed by atoms with Gasteiger partial charge in [0.15, 0.2) is 0 Å². The topological polar surface area (TPSA) is 83.8 Å².